The highest BCUT2D eigenvalue weighted by molar-refractivity contribution is 5.91. The molecule has 0 saturated carbocycles. The van der Waals surface area contributed by atoms with Crippen LogP contribution in [-0.4, -0.2) is 87.8 Å². The van der Waals surface area contributed by atoms with E-state index in [1.54, 1.807) is 152 Å². The number of aliphatic hydroxyl groups is 1. The topological polar surface area (TPSA) is 161 Å². The van der Waals surface area contributed by atoms with Crippen LogP contribution in [0.1, 0.15) is 51.8 Å². The molecule has 0 aliphatic rings. The zero-order chi connectivity index (χ0) is 40.4. The van der Waals surface area contributed by atoms with E-state index in [1.165, 1.54) is 0 Å². The molecule has 12 heteroatoms. The van der Waals surface area contributed by atoms with E-state index in [9.17, 15) is 29.1 Å². The minimum absolute atomic E-state index is 0.245. The van der Waals surface area contributed by atoms with Crippen molar-refractivity contribution in [2.75, 3.05) is 52.9 Å². The molecule has 0 unspecified atom stereocenters. The van der Waals surface area contributed by atoms with Gasteiger partial charge in [-0.3, -0.25) is 0 Å². The zero-order valence-corrected chi connectivity index (χ0v) is 31.0. The van der Waals surface area contributed by atoms with E-state index in [-0.39, 0.29) is 41.0 Å². The van der Waals surface area contributed by atoms with Crippen LogP contribution in [0.3, 0.4) is 0 Å². The summed E-state index contributed by atoms with van der Waals surface area (Å²) in [6.45, 7) is -3.70. The van der Waals surface area contributed by atoms with Crippen LogP contribution in [0.25, 0.3) is 0 Å². The zero-order valence-electron chi connectivity index (χ0n) is 31.0. The van der Waals surface area contributed by atoms with Crippen LogP contribution in [-0.2, 0) is 28.4 Å². The molecule has 0 spiro atoms. The van der Waals surface area contributed by atoms with Gasteiger partial charge in [0.05, 0.1) is 58.5 Å². The molecule has 0 aromatic heterocycles. The molecule has 12 nitrogen and oxygen atoms in total. The molecule has 0 bridgehead atoms. The molecule has 5 rings (SSSR count). The smallest absolute Gasteiger partial charge is 0.338 e. The summed E-state index contributed by atoms with van der Waals surface area (Å²) in [4.78, 5) is 65.6. The van der Waals surface area contributed by atoms with Crippen molar-refractivity contribution in [1.82, 2.24) is 0 Å². The van der Waals surface area contributed by atoms with E-state index in [2.05, 4.69) is 0 Å². The molecule has 294 valence electrons. The number of carbonyl (C=O) groups is 5. The first-order valence-electron chi connectivity index (χ1n) is 18.0. The van der Waals surface area contributed by atoms with Crippen molar-refractivity contribution in [1.29, 1.82) is 0 Å². The molecule has 0 saturated heterocycles. The quantitative estimate of drug-likeness (QED) is 0.0700. The highest BCUT2D eigenvalue weighted by Gasteiger charge is 2.40. The first kappa shape index (κ1) is 41.5. The molecule has 57 heavy (non-hydrogen) atoms. The van der Waals surface area contributed by atoms with Crippen LogP contribution < -0.4 is 0 Å². The maximum absolute atomic E-state index is 13.2. The Kier molecular flexibility index (Phi) is 15.2. The molecule has 0 amide bonds. The van der Waals surface area contributed by atoms with Gasteiger partial charge in [-0.1, -0.05) is 91.0 Å². The van der Waals surface area contributed by atoms with E-state index in [4.69, 9.17) is 28.4 Å². The second kappa shape index (κ2) is 20.9. The molecule has 0 aliphatic carbocycles. The van der Waals surface area contributed by atoms with E-state index in [0.29, 0.717) is 0 Å². The van der Waals surface area contributed by atoms with Gasteiger partial charge in [-0.05, 0) is 60.7 Å². The van der Waals surface area contributed by atoms with Crippen LogP contribution >= 0.6 is 0 Å². The molecule has 0 fully saturated rings. The summed E-state index contributed by atoms with van der Waals surface area (Å²) in [5.74, 6) is -3.48. The summed E-state index contributed by atoms with van der Waals surface area (Å²) in [5.41, 5.74) is -1.79. The third-order valence-corrected chi connectivity index (χ3v) is 8.75. The predicted octanol–water partition coefficient (Wildman–Crippen LogP) is 6.25. The highest BCUT2D eigenvalue weighted by atomic mass is 16.6. The number of hydrogen-bond acceptors (Lipinski definition) is 12. The number of benzene rings is 5. The average Bonchev–Trinajstić information content (AvgIpc) is 3.28. The Morgan fingerprint density at radius 1 is 0.333 bits per heavy atom. The van der Waals surface area contributed by atoms with Crippen LogP contribution in [0.15, 0.2) is 152 Å². The molecular formula is C45H42O12. The maximum atomic E-state index is 13.2. The summed E-state index contributed by atoms with van der Waals surface area (Å²) in [6.07, 6.45) is 0. The second-order valence-electron chi connectivity index (χ2n) is 13.4. The molecule has 0 radical (unpaired) electrons. The predicted molar refractivity (Wildman–Crippen MR) is 206 cm³/mol. The number of hydrogen-bond donors (Lipinski definition) is 1. The van der Waals surface area contributed by atoms with Crippen LogP contribution in [0.2, 0.25) is 0 Å². The largest absolute Gasteiger partial charge is 0.461 e. The van der Waals surface area contributed by atoms with E-state index >= 15 is 0 Å². The Hall–Kier alpha value is -6.63. The molecule has 0 heterocycles. The van der Waals surface area contributed by atoms with Crippen LogP contribution in [0.4, 0.5) is 0 Å². The van der Waals surface area contributed by atoms with Crippen molar-refractivity contribution in [3.05, 3.63) is 179 Å². The summed E-state index contributed by atoms with van der Waals surface area (Å²) < 4.78 is 34.7. The number of carbonyl (C=O) groups excluding carboxylic acids is 5. The molecular weight excluding hydrogens is 732 g/mol. The van der Waals surface area contributed by atoms with Gasteiger partial charge >= 0.3 is 29.8 Å². The molecule has 5 aromatic rings. The lowest BCUT2D eigenvalue weighted by Gasteiger charge is -2.35. The number of aliphatic hydroxyl groups excluding tert-OH is 1. The Bertz CT molecular complexity index is 1850. The first-order chi connectivity index (χ1) is 27.7. The monoisotopic (exact) mass is 774 g/mol. The fraction of sp³-hybridized carbons (Fsp3) is 0.222. The number of esters is 5. The van der Waals surface area contributed by atoms with Gasteiger partial charge in [0.25, 0.3) is 0 Å². The summed E-state index contributed by atoms with van der Waals surface area (Å²) in [6, 6.07) is 41.0. The van der Waals surface area contributed by atoms with Crippen LogP contribution in [0.5, 0.6) is 0 Å². The van der Waals surface area contributed by atoms with Gasteiger partial charge in [-0.2, -0.15) is 0 Å². The van der Waals surface area contributed by atoms with E-state index in [1.807, 2.05) is 0 Å². The van der Waals surface area contributed by atoms with Gasteiger partial charge < -0.3 is 33.5 Å². The maximum Gasteiger partial charge on any atom is 0.338 e. The van der Waals surface area contributed by atoms with Crippen molar-refractivity contribution < 1.29 is 57.5 Å². The van der Waals surface area contributed by atoms with Gasteiger partial charge in [0, 0.05) is 0 Å². The number of ether oxygens (including phenoxy) is 6. The fourth-order valence-corrected chi connectivity index (χ4v) is 5.38. The second-order valence-corrected chi connectivity index (χ2v) is 13.4. The lowest BCUT2D eigenvalue weighted by Crippen LogP contribution is -2.46. The highest BCUT2D eigenvalue weighted by Crippen LogP contribution is 2.27. The Morgan fingerprint density at radius 2 is 0.544 bits per heavy atom. The summed E-state index contributed by atoms with van der Waals surface area (Å²) in [7, 11) is 0. The minimum atomic E-state index is -1.53. The summed E-state index contributed by atoms with van der Waals surface area (Å²) >= 11 is 0. The van der Waals surface area contributed by atoms with Crippen molar-refractivity contribution in [3.63, 3.8) is 0 Å². The molecule has 5 aromatic carbocycles. The Balaban J connectivity index is 1.41. The average molecular weight is 775 g/mol. The van der Waals surface area contributed by atoms with Crippen molar-refractivity contribution in [2.24, 2.45) is 10.8 Å². The van der Waals surface area contributed by atoms with Crippen molar-refractivity contribution >= 4 is 29.8 Å². The van der Waals surface area contributed by atoms with Crippen molar-refractivity contribution in [3.8, 4) is 0 Å². The third-order valence-electron chi connectivity index (χ3n) is 8.75. The lowest BCUT2D eigenvalue weighted by molar-refractivity contribution is -0.110. The number of rotatable bonds is 20. The van der Waals surface area contributed by atoms with Gasteiger partial charge in [-0.25, -0.2) is 24.0 Å². The lowest BCUT2D eigenvalue weighted by atomic mass is 9.90. The fourth-order valence-electron chi connectivity index (χ4n) is 5.38. The van der Waals surface area contributed by atoms with Gasteiger partial charge in [0.15, 0.2) is 0 Å². The van der Waals surface area contributed by atoms with Crippen molar-refractivity contribution in [2.45, 2.75) is 0 Å². The first-order valence-corrected chi connectivity index (χ1v) is 18.0. The Morgan fingerprint density at radius 3 is 0.772 bits per heavy atom. The van der Waals surface area contributed by atoms with E-state index in [0.717, 1.165) is 0 Å². The van der Waals surface area contributed by atoms with E-state index < -0.39 is 80.3 Å². The normalized spacial score (nSPS) is 11.2. The standard InChI is InChI=1S/C45H42O12/c46-26-44(29-53-39(47)34-16-6-1-7-17-34,30-54-40(48)35-18-8-2-9-19-35)27-52-28-45(31-55-41(49)36-20-10-3-11-21-36,32-56-42(50)37-22-12-4-13-23-37)33-57-43(51)38-24-14-5-15-25-38/h1-25,46H,26-33H2. The summed E-state index contributed by atoms with van der Waals surface area (Å²) in [5, 5.41) is 10.8. The molecule has 0 aliphatic heterocycles. The minimum Gasteiger partial charge on any atom is -0.461 e. The SMILES string of the molecule is O=C(OCC(CO)(COCC(COC(=O)c1ccccc1)(COC(=O)c1ccccc1)COC(=O)c1ccccc1)COC(=O)c1ccccc1)c1ccccc1. The van der Waals surface area contributed by atoms with Gasteiger partial charge in [-0.15, -0.1) is 0 Å². The third kappa shape index (κ3) is 12.4. The van der Waals surface area contributed by atoms with Crippen LogP contribution in [0, 0.1) is 10.8 Å². The Labute approximate surface area is 329 Å². The van der Waals surface area contributed by atoms with Gasteiger partial charge in [0.1, 0.15) is 33.0 Å². The van der Waals surface area contributed by atoms with Gasteiger partial charge in [0.2, 0.25) is 0 Å². The molecule has 1 N–H and O–H groups in total. The molecule has 0 atom stereocenters.